The van der Waals surface area contributed by atoms with E-state index >= 15 is 0 Å². The quantitative estimate of drug-likeness (QED) is 0.539. The number of halogens is 1. The third kappa shape index (κ3) is 6.86. The van der Waals surface area contributed by atoms with E-state index in [2.05, 4.69) is 27.4 Å². The van der Waals surface area contributed by atoms with E-state index in [-0.39, 0.29) is 0 Å². The first-order valence-electron chi connectivity index (χ1n) is 8.36. The molecule has 1 atom stereocenters. The van der Waals surface area contributed by atoms with E-state index in [1.54, 1.807) is 13.8 Å². The van der Waals surface area contributed by atoms with Gasteiger partial charge in [0.1, 0.15) is 0 Å². The molecule has 0 N–H and O–H groups in total. The maximum absolute atomic E-state index is 13.8. The molecule has 0 heterocycles. The van der Waals surface area contributed by atoms with Crippen LogP contribution in [0.1, 0.15) is 79.1 Å². The van der Waals surface area contributed by atoms with Crippen molar-refractivity contribution in [1.29, 1.82) is 0 Å². The molecular weight excluding hydrogens is 246 g/mol. The zero-order valence-electron chi connectivity index (χ0n) is 14.0. The van der Waals surface area contributed by atoms with Gasteiger partial charge in [0.15, 0.2) is 0 Å². The zero-order valence-corrected chi connectivity index (χ0v) is 14.0. The van der Waals surface area contributed by atoms with E-state index in [1.165, 1.54) is 43.1 Å². The standard InChI is InChI=1S/C18H32BF/c1-5-16(13-18(3,4)20)14(2)12-17(19)11-10-15-8-6-7-9-15/h12,15-16,19H,5-11,13H2,1-4H3/b14-12+. The van der Waals surface area contributed by atoms with Gasteiger partial charge >= 0.3 is 126 Å². The van der Waals surface area contributed by atoms with Crippen LogP contribution < -0.4 is 0 Å². The van der Waals surface area contributed by atoms with Crippen LogP contribution in [0.5, 0.6) is 0 Å². The van der Waals surface area contributed by atoms with Crippen LogP contribution in [-0.4, -0.2) is 18.6 Å². The fraction of sp³-hybridized carbons (Fsp3) is 0.833. The molecule has 0 spiro atoms. The van der Waals surface area contributed by atoms with E-state index in [4.69, 9.17) is 0 Å². The molecule has 0 aromatic heterocycles. The third-order valence-corrected chi connectivity index (χ3v) is 4.65. The minimum atomic E-state index is -1.08. The second kappa shape index (κ2) is 8.15. The van der Waals surface area contributed by atoms with Crippen LogP contribution in [0.2, 0.25) is 0 Å². The van der Waals surface area contributed by atoms with Crippen LogP contribution in [0.25, 0.3) is 0 Å². The summed E-state index contributed by atoms with van der Waals surface area (Å²) in [6.07, 6.45) is 11.9. The first kappa shape index (κ1) is 17.7. The van der Waals surface area contributed by atoms with Crippen molar-refractivity contribution in [3.05, 3.63) is 11.6 Å². The zero-order chi connectivity index (χ0) is 15.2. The monoisotopic (exact) mass is 278 g/mol. The molecule has 1 unspecified atom stereocenters. The summed E-state index contributed by atoms with van der Waals surface area (Å²) in [5, 5.41) is 0. The molecular formula is C18H32BF. The first-order valence-corrected chi connectivity index (χ1v) is 8.36. The van der Waals surface area contributed by atoms with Crippen molar-refractivity contribution in [2.45, 2.75) is 84.7 Å². The van der Waals surface area contributed by atoms with Gasteiger partial charge in [0.25, 0.3) is 0 Å². The minimum absolute atomic E-state index is 0.346. The molecule has 1 saturated carbocycles. The Morgan fingerprint density at radius 1 is 1.35 bits per heavy atom. The molecule has 1 aliphatic carbocycles. The van der Waals surface area contributed by atoms with Gasteiger partial charge in [-0.05, 0) is 0 Å². The number of rotatable bonds is 8. The van der Waals surface area contributed by atoms with E-state index in [1.807, 2.05) is 0 Å². The van der Waals surface area contributed by atoms with Crippen molar-refractivity contribution < 1.29 is 4.39 Å². The number of allylic oxidation sites excluding steroid dienone is 2. The van der Waals surface area contributed by atoms with E-state index in [0.717, 1.165) is 18.8 Å². The SMILES string of the molecule is B=C(/C=C(\C)C(CC)CC(C)(C)F)CCC1CCCC1. The summed E-state index contributed by atoms with van der Waals surface area (Å²) < 4.78 is 13.8. The Labute approximate surface area is 126 Å². The first-order chi connectivity index (χ1) is 9.31. The number of alkyl halides is 1. The van der Waals surface area contributed by atoms with Crippen molar-refractivity contribution in [3.63, 3.8) is 0 Å². The summed E-state index contributed by atoms with van der Waals surface area (Å²) in [5.74, 6) is 1.27. The van der Waals surface area contributed by atoms with Crippen molar-refractivity contribution in [2.24, 2.45) is 11.8 Å². The van der Waals surface area contributed by atoms with Crippen LogP contribution in [0.3, 0.4) is 0 Å². The summed E-state index contributed by atoms with van der Waals surface area (Å²) in [4.78, 5) is 0. The maximum atomic E-state index is 13.8. The summed E-state index contributed by atoms with van der Waals surface area (Å²) in [6.45, 7) is 7.64. The Bertz CT molecular complexity index is 332. The van der Waals surface area contributed by atoms with Crippen LogP contribution in [-0.2, 0) is 0 Å². The van der Waals surface area contributed by atoms with E-state index < -0.39 is 5.67 Å². The van der Waals surface area contributed by atoms with Gasteiger partial charge in [0, 0.05) is 0 Å². The second-order valence-corrected chi connectivity index (χ2v) is 7.26. The van der Waals surface area contributed by atoms with Crippen LogP contribution >= 0.6 is 0 Å². The van der Waals surface area contributed by atoms with Gasteiger partial charge in [-0.25, -0.2) is 0 Å². The topological polar surface area (TPSA) is 0 Å². The molecule has 0 aromatic carbocycles. The Morgan fingerprint density at radius 3 is 2.45 bits per heavy atom. The molecule has 2 heteroatoms. The molecule has 0 amide bonds. The molecule has 0 aliphatic heterocycles. The second-order valence-electron chi connectivity index (χ2n) is 7.26. The van der Waals surface area contributed by atoms with Gasteiger partial charge in [-0.3, -0.25) is 0 Å². The van der Waals surface area contributed by atoms with Gasteiger partial charge in [0.2, 0.25) is 0 Å². The van der Waals surface area contributed by atoms with E-state index in [0.29, 0.717) is 12.3 Å². The van der Waals surface area contributed by atoms with Crippen molar-refractivity contribution in [3.8, 4) is 0 Å². The predicted octanol–water partition coefficient (Wildman–Crippen LogP) is 5.14. The molecule has 114 valence electrons. The Hall–Kier alpha value is -0.395. The van der Waals surface area contributed by atoms with Gasteiger partial charge in [-0.2, -0.15) is 0 Å². The summed E-state index contributed by atoms with van der Waals surface area (Å²) in [7, 11) is 4.20. The fourth-order valence-corrected chi connectivity index (χ4v) is 3.41. The van der Waals surface area contributed by atoms with Crippen molar-refractivity contribution in [1.82, 2.24) is 0 Å². The van der Waals surface area contributed by atoms with Gasteiger partial charge in [-0.1, -0.05) is 0 Å². The van der Waals surface area contributed by atoms with E-state index in [9.17, 15) is 4.39 Å². The average Bonchev–Trinajstić information content (AvgIpc) is 2.85. The van der Waals surface area contributed by atoms with Gasteiger partial charge < -0.3 is 0 Å². The van der Waals surface area contributed by atoms with Crippen LogP contribution in [0.15, 0.2) is 11.6 Å². The Morgan fingerprint density at radius 2 is 1.95 bits per heavy atom. The molecule has 0 bridgehead atoms. The molecule has 20 heavy (non-hydrogen) atoms. The summed E-state index contributed by atoms with van der Waals surface area (Å²) >= 11 is 0. The van der Waals surface area contributed by atoms with Crippen LogP contribution in [0.4, 0.5) is 4.39 Å². The Kier molecular flexibility index (Phi) is 7.19. The molecule has 0 saturated heterocycles. The predicted molar refractivity (Wildman–Crippen MR) is 90.7 cm³/mol. The van der Waals surface area contributed by atoms with Gasteiger partial charge in [-0.15, -0.1) is 0 Å². The summed E-state index contributed by atoms with van der Waals surface area (Å²) in [6, 6.07) is 0. The molecule has 1 rings (SSSR count). The number of hydrogen-bond acceptors (Lipinski definition) is 0. The van der Waals surface area contributed by atoms with Crippen LogP contribution in [0, 0.1) is 11.8 Å². The third-order valence-electron chi connectivity index (χ3n) is 4.65. The Balaban J connectivity index is 2.45. The molecule has 0 radical (unpaired) electrons. The van der Waals surface area contributed by atoms with Gasteiger partial charge in [0.05, 0.1) is 0 Å². The summed E-state index contributed by atoms with van der Waals surface area (Å²) in [5.41, 5.74) is 1.44. The normalized spacial score (nSPS) is 19.3. The molecule has 1 fully saturated rings. The molecule has 0 aromatic rings. The van der Waals surface area contributed by atoms with Crippen molar-refractivity contribution >= 4 is 13.0 Å². The molecule has 0 nitrogen and oxygen atoms in total. The van der Waals surface area contributed by atoms with Crippen molar-refractivity contribution in [2.75, 3.05) is 0 Å². The average molecular weight is 278 g/mol. The fourth-order valence-electron chi connectivity index (χ4n) is 3.41. The molecule has 1 aliphatic rings. The number of hydrogen-bond donors (Lipinski definition) is 0.